The number of esters is 1. The summed E-state index contributed by atoms with van der Waals surface area (Å²) in [5.74, 6) is 0.232. The smallest absolute Gasteiger partial charge is 0.343 e. The van der Waals surface area contributed by atoms with Gasteiger partial charge in [-0.2, -0.15) is 0 Å². The van der Waals surface area contributed by atoms with Gasteiger partial charge in [-0.15, -0.1) is 0 Å². The first kappa shape index (κ1) is 23.1. The van der Waals surface area contributed by atoms with Crippen LogP contribution in [0.25, 0.3) is 0 Å². The molecule has 1 amide bonds. The number of ether oxygens (including phenoxy) is 4. The topological polar surface area (TPSA) is 126 Å². The molecule has 0 unspecified atom stereocenters. The molecule has 33 heavy (non-hydrogen) atoms. The van der Waals surface area contributed by atoms with E-state index in [1.807, 2.05) is 0 Å². The molecule has 0 saturated carbocycles. The normalized spacial score (nSPS) is 10.1. The molecule has 0 fully saturated rings. The SMILES string of the molecule is COc1ccc(NC(=O)COc2ccc(C(=O)Oc3ccc([N+](=O)[O-])cc3)cc2OC)cc1. The number of nitrogens with zero attached hydrogens (tertiary/aromatic N) is 1. The number of amides is 1. The second-order valence-electron chi connectivity index (χ2n) is 6.57. The molecule has 10 nitrogen and oxygen atoms in total. The fraction of sp³-hybridized carbons (Fsp3) is 0.130. The number of carbonyl (C=O) groups is 2. The van der Waals surface area contributed by atoms with Gasteiger partial charge in [-0.05, 0) is 54.6 Å². The van der Waals surface area contributed by atoms with Crippen LogP contribution >= 0.6 is 0 Å². The lowest BCUT2D eigenvalue weighted by Crippen LogP contribution is -2.20. The fourth-order valence-electron chi connectivity index (χ4n) is 2.73. The van der Waals surface area contributed by atoms with Gasteiger partial charge in [0.05, 0.1) is 24.7 Å². The van der Waals surface area contributed by atoms with Crippen molar-refractivity contribution in [3.05, 3.63) is 82.4 Å². The minimum atomic E-state index is -0.689. The quantitative estimate of drug-likeness (QED) is 0.225. The first-order valence-electron chi connectivity index (χ1n) is 9.61. The van der Waals surface area contributed by atoms with E-state index in [9.17, 15) is 19.7 Å². The summed E-state index contributed by atoms with van der Waals surface area (Å²) in [6.45, 7) is -0.283. The van der Waals surface area contributed by atoms with Crippen LogP contribution in [0.2, 0.25) is 0 Å². The number of hydrogen-bond donors (Lipinski definition) is 1. The first-order chi connectivity index (χ1) is 15.9. The number of anilines is 1. The van der Waals surface area contributed by atoms with Crippen molar-refractivity contribution in [3.8, 4) is 23.0 Å². The van der Waals surface area contributed by atoms with Gasteiger partial charge in [-0.3, -0.25) is 14.9 Å². The number of nitro benzene ring substituents is 1. The minimum Gasteiger partial charge on any atom is -0.497 e. The van der Waals surface area contributed by atoms with Crippen molar-refractivity contribution in [1.29, 1.82) is 0 Å². The third kappa shape index (κ3) is 6.20. The van der Waals surface area contributed by atoms with Crippen molar-refractivity contribution < 1.29 is 33.5 Å². The van der Waals surface area contributed by atoms with E-state index in [1.54, 1.807) is 31.4 Å². The van der Waals surface area contributed by atoms with Crippen LogP contribution in [-0.4, -0.2) is 37.6 Å². The molecule has 0 aliphatic heterocycles. The highest BCUT2D eigenvalue weighted by Gasteiger charge is 2.15. The van der Waals surface area contributed by atoms with Crippen LogP contribution in [-0.2, 0) is 4.79 Å². The Kier molecular flexibility index (Phi) is 7.43. The standard InChI is InChI=1S/C23H20N2O8/c1-30-18-8-4-16(5-9-18)24-22(26)14-32-20-12-3-15(13-21(20)31-2)23(27)33-19-10-6-17(7-11-19)25(28)29/h3-13H,14H2,1-2H3,(H,24,26). The van der Waals surface area contributed by atoms with Crippen molar-refractivity contribution in [2.75, 3.05) is 26.1 Å². The first-order valence-corrected chi connectivity index (χ1v) is 9.61. The highest BCUT2D eigenvalue weighted by atomic mass is 16.6. The van der Waals surface area contributed by atoms with Gasteiger partial charge < -0.3 is 24.3 Å². The predicted molar refractivity (Wildman–Crippen MR) is 118 cm³/mol. The summed E-state index contributed by atoms with van der Waals surface area (Å²) in [4.78, 5) is 34.7. The maximum atomic E-state index is 12.4. The van der Waals surface area contributed by atoms with Crippen LogP contribution in [0.1, 0.15) is 10.4 Å². The van der Waals surface area contributed by atoms with Crippen LogP contribution in [0.5, 0.6) is 23.0 Å². The lowest BCUT2D eigenvalue weighted by Gasteiger charge is -2.12. The van der Waals surface area contributed by atoms with E-state index >= 15 is 0 Å². The van der Waals surface area contributed by atoms with Gasteiger partial charge in [0.25, 0.3) is 11.6 Å². The maximum Gasteiger partial charge on any atom is 0.343 e. The zero-order chi connectivity index (χ0) is 23.8. The number of hydrogen-bond acceptors (Lipinski definition) is 8. The Labute approximate surface area is 188 Å². The summed E-state index contributed by atoms with van der Waals surface area (Å²) in [6, 6.07) is 16.3. The van der Waals surface area contributed by atoms with E-state index < -0.39 is 10.9 Å². The molecule has 170 valence electrons. The average molecular weight is 452 g/mol. The number of non-ortho nitro benzene ring substituents is 1. The predicted octanol–water partition coefficient (Wildman–Crippen LogP) is 3.85. The van der Waals surface area contributed by atoms with Crippen LogP contribution < -0.4 is 24.3 Å². The van der Waals surface area contributed by atoms with Crippen LogP contribution in [0.15, 0.2) is 66.7 Å². The second-order valence-corrected chi connectivity index (χ2v) is 6.57. The minimum absolute atomic E-state index is 0.117. The van der Waals surface area contributed by atoms with Crippen LogP contribution in [0.3, 0.4) is 0 Å². The van der Waals surface area contributed by atoms with Crippen LogP contribution in [0, 0.1) is 10.1 Å². The molecule has 10 heteroatoms. The third-order valence-corrected chi connectivity index (χ3v) is 4.39. The molecule has 0 aliphatic carbocycles. The largest absolute Gasteiger partial charge is 0.497 e. The molecule has 0 aromatic heterocycles. The molecule has 0 saturated heterocycles. The van der Waals surface area contributed by atoms with E-state index in [-0.39, 0.29) is 41.0 Å². The van der Waals surface area contributed by atoms with Gasteiger partial charge in [0.2, 0.25) is 0 Å². The average Bonchev–Trinajstić information content (AvgIpc) is 2.83. The number of nitrogens with one attached hydrogen (secondary N) is 1. The molecule has 0 atom stereocenters. The Morgan fingerprint density at radius 2 is 1.55 bits per heavy atom. The van der Waals surface area contributed by atoms with E-state index in [2.05, 4.69) is 5.32 Å². The Bertz CT molecular complexity index is 1140. The number of carbonyl (C=O) groups excluding carboxylic acids is 2. The van der Waals surface area contributed by atoms with Gasteiger partial charge in [0, 0.05) is 17.8 Å². The van der Waals surface area contributed by atoms with E-state index in [0.717, 1.165) is 0 Å². The van der Waals surface area contributed by atoms with Crippen LogP contribution in [0.4, 0.5) is 11.4 Å². The molecule has 0 bridgehead atoms. The highest BCUT2D eigenvalue weighted by molar-refractivity contribution is 5.93. The fourth-order valence-corrected chi connectivity index (χ4v) is 2.73. The summed E-state index contributed by atoms with van der Waals surface area (Å²) in [5, 5.41) is 13.4. The number of methoxy groups -OCH3 is 2. The lowest BCUT2D eigenvalue weighted by atomic mass is 10.2. The van der Waals surface area contributed by atoms with Gasteiger partial charge in [-0.25, -0.2) is 4.79 Å². The molecule has 3 rings (SSSR count). The Hall–Kier alpha value is -4.60. The van der Waals surface area contributed by atoms with Gasteiger partial charge >= 0.3 is 5.97 Å². The van der Waals surface area contributed by atoms with Crippen molar-refractivity contribution in [3.63, 3.8) is 0 Å². The second kappa shape index (κ2) is 10.6. The summed E-state index contributed by atoms with van der Waals surface area (Å²) < 4.78 is 21.1. The van der Waals surface area contributed by atoms with Crippen molar-refractivity contribution in [2.45, 2.75) is 0 Å². The zero-order valence-corrected chi connectivity index (χ0v) is 17.8. The Balaban J connectivity index is 1.60. The Morgan fingerprint density at radius 1 is 0.879 bits per heavy atom. The van der Waals surface area contributed by atoms with Crippen molar-refractivity contribution in [1.82, 2.24) is 0 Å². The zero-order valence-electron chi connectivity index (χ0n) is 17.8. The van der Waals surface area contributed by atoms with Crippen molar-refractivity contribution >= 4 is 23.3 Å². The molecule has 0 heterocycles. The monoisotopic (exact) mass is 452 g/mol. The summed E-state index contributed by atoms with van der Waals surface area (Å²) >= 11 is 0. The lowest BCUT2D eigenvalue weighted by molar-refractivity contribution is -0.384. The van der Waals surface area contributed by atoms with E-state index in [0.29, 0.717) is 11.4 Å². The molecular formula is C23H20N2O8. The molecule has 3 aromatic carbocycles. The highest BCUT2D eigenvalue weighted by Crippen LogP contribution is 2.29. The van der Waals surface area contributed by atoms with Gasteiger partial charge in [0.1, 0.15) is 11.5 Å². The maximum absolute atomic E-state index is 12.4. The number of nitro groups is 1. The van der Waals surface area contributed by atoms with Crippen molar-refractivity contribution in [2.24, 2.45) is 0 Å². The number of benzene rings is 3. The van der Waals surface area contributed by atoms with Gasteiger partial charge in [0.15, 0.2) is 18.1 Å². The number of rotatable bonds is 9. The third-order valence-electron chi connectivity index (χ3n) is 4.39. The summed E-state index contributed by atoms with van der Waals surface area (Å²) in [6.07, 6.45) is 0. The Morgan fingerprint density at radius 3 is 2.15 bits per heavy atom. The molecule has 0 spiro atoms. The van der Waals surface area contributed by atoms with E-state index in [1.165, 1.54) is 49.6 Å². The van der Waals surface area contributed by atoms with Gasteiger partial charge in [-0.1, -0.05) is 0 Å². The molecule has 3 aromatic rings. The summed E-state index contributed by atoms with van der Waals surface area (Å²) in [7, 11) is 2.94. The molecule has 0 aliphatic rings. The molecular weight excluding hydrogens is 432 g/mol. The van der Waals surface area contributed by atoms with E-state index in [4.69, 9.17) is 18.9 Å². The molecule has 0 radical (unpaired) electrons. The summed E-state index contributed by atoms with van der Waals surface area (Å²) in [5.41, 5.74) is 0.634. The molecule has 1 N–H and O–H groups in total.